The van der Waals surface area contributed by atoms with E-state index in [1.165, 1.54) is 12.8 Å². The van der Waals surface area contributed by atoms with Gasteiger partial charge in [-0.15, -0.1) is 0 Å². The van der Waals surface area contributed by atoms with Crippen LogP contribution < -0.4 is 0 Å². The zero-order chi connectivity index (χ0) is 13.1. The zero-order valence-electron chi connectivity index (χ0n) is 12.0. The average Bonchev–Trinajstić information content (AvgIpc) is 2.14. The van der Waals surface area contributed by atoms with Crippen molar-refractivity contribution in [1.82, 2.24) is 0 Å². The molecule has 0 radical (unpaired) electrons. The van der Waals surface area contributed by atoms with Gasteiger partial charge in [0, 0.05) is 6.61 Å². The lowest BCUT2D eigenvalue weighted by Crippen LogP contribution is -2.43. The zero-order valence-corrected chi connectivity index (χ0v) is 13.0. The van der Waals surface area contributed by atoms with E-state index in [-0.39, 0.29) is 6.61 Å². The summed E-state index contributed by atoms with van der Waals surface area (Å²) in [5, 5.41) is 9.07. The van der Waals surface area contributed by atoms with Crippen LogP contribution in [0.15, 0.2) is 12.2 Å². The predicted octanol–water partition coefficient (Wildman–Crippen LogP) is 3.58. The Kier molecular flexibility index (Phi) is 4.99. The fraction of sp³-hybridized carbons (Fsp3) is 0.857. The van der Waals surface area contributed by atoms with Crippen molar-refractivity contribution in [3.05, 3.63) is 12.2 Å². The normalized spacial score (nSPS) is 26.2. The lowest BCUT2D eigenvalue weighted by Gasteiger charge is -2.41. The van der Waals surface area contributed by atoms with Crippen molar-refractivity contribution in [3.8, 4) is 0 Å². The standard InChI is InChI=1S/C14H28O2Si/c1-14(2,3)17(4,5)16-11-13-9-8-12(13)7-6-10-15/h6-7,12-13,15H,8-11H2,1-5H3/b7-6+/t12-,13-/m0/s1. The predicted molar refractivity (Wildman–Crippen MR) is 75.6 cm³/mol. The van der Waals surface area contributed by atoms with E-state index in [1.54, 1.807) is 0 Å². The first-order valence-corrected chi connectivity index (χ1v) is 9.60. The minimum Gasteiger partial charge on any atom is -0.417 e. The summed E-state index contributed by atoms with van der Waals surface area (Å²) in [5.74, 6) is 1.30. The quantitative estimate of drug-likeness (QED) is 0.602. The highest BCUT2D eigenvalue weighted by Crippen LogP contribution is 2.40. The van der Waals surface area contributed by atoms with Gasteiger partial charge in [0.2, 0.25) is 0 Å². The van der Waals surface area contributed by atoms with Crippen LogP contribution in [0.3, 0.4) is 0 Å². The van der Waals surface area contributed by atoms with Crippen LogP contribution in [-0.4, -0.2) is 26.6 Å². The van der Waals surface area contributed by atoms with Gasteiger partial charge < -0.3 is 9.53 Å². The van der Waals surface area contributed by atoms with Gasteiger partial charge in [0.1, 0.15) is 0 Å². The van der Waals surface area contributed by atoms with Gasteiger partial charge >= 0.3 is 0 Å². The monoisotopic (exact) mass is 256 g/mol. The van der Waals surface area contributed by atoms with Crippen LogP contribution in [0.25, 0.3) is 0 Å². The van der Waals surface area contributed by atoms with E-state index in [2.05, 4.69) is 39.9 Å². The molecule has 1 N–H and O–H groups in total. The first-order valence-electron chi connectivity index (χ1n) is 6.69. The van der Waals surface area contributed by atoms with E-state index in [4.69, 9.17) is 9.53 Å². The van der Waals surface area contributed by atoms with Crippen molar-refractivity contribution < 1.29 is 9.53 Å². The Labute approximate surface area is 107 Å². The molecule has 0 bridgehead atoms. The van der Waals surface area contributed by atoms with Crippen LogP contribution in [0.5, 0.6) is 0 Å². The first-order chi connectivity index (χ1) is 7.78. The summed E-state index contributed by atoms with van der Waals surface area (Å²) in [6.45, 7) is 12.5. The molecule has 0 saturated heterocycles. The number of allylic oxidation sites excluding steroid dienone is 1. The van der Waals surface area contributed by atoms with Crippen molar-refractivity contribution in [2.45, 2.75) is 51.7 Å². The van der Waals surface area contributed by atoms with Crippen molar-refractivity contribution >= 4 is 8.32 Å². The molecule has 1 saturated carbocycles. The second-order valence-corrected chi connectivity index (χ2v) is 11.5. The third-order valence-corrected chi connectivity index (χ3v) is 8.93. The van der Waals surface area contributed by atoms with Gasteiger partial charge in [0.15, 0.2) is 8.32 Å². The third-order valence-electron chi connectivity index (χ3n) is 4.43. The third kappa shape index (κ3) is 3.93. The van der Waals surface area contributed by atoms with E-state index in [0.717, 1.165) is 6.61 Å². The first kappa shape index (κ1) is 14.9. The van der Waals surface area contributed by atoms with Crippen molar-refractivity contribution in [1.29, 1.82) is 0 Å². The summed E-state index contributed by atoms with van der Waals surface area (Å²) < 4.78 is 6.25. The van der Waals surface area contributed by atoms with E-state index in [0.29, 0.717) is 16.9 Å². The van der Waals surface area contributed by atoms with Crippen LogP contribution in [-0.2, 0) is 4.43 Å². The molecular weight excluding hydrogens is 228 g/mol. The highest BCUT2D eigenvalue weighted by Gasteiger charge is 2.39. The summed E-state index contributed by atoms with van der Waals surface area (Å²) in [4.78, 5) is 0. The second-order valence-electron chi connectivity index (χ2n) is 6.68. The number of aliphatic hydroxyl groups excluding tert-OH is 1. The molecule has 1 rings (SSSR count). The van der Waals surface area contributed by atoms with Crippen molar-refractivity contribution in [3.63, 3.8) is 0 Å². The average molecular weight is 256 g/mol. The van der Waals surface area contributed by atoms with E-state index < -0.39 is 8.32 Å². The molecule has 0 amide bonds. The molecular formula is C14H28O2Si. The Morgan fingerprint density at radius 3 is 2.35 bits per heavy atom. The van der Waals surface area contributed by atoms with Gasteiger partial charge in [0.05, 0.1) is 6.61 Å². The maximum absolute atomic E-state index is 8.78. The summed E-state index contributed by atoms with van der Waals surface area (Å²) in [6, 6.07) is 0. The molecule has 0 spiro atoms. The Balaban J connectivity index is 2.39. The van der Waals surface area contributed by atoms with Gasteiger partial charge in [-0.2, -0.15) is 0 Å². The summed E-state index contributed by atoms with van der Waals surface area (Å²) >= 11 is 0. The molecule has 0 unspecified atom stereocenters. The lowest BCUT2D eigenvalue weighted by molar-refractivity contribution is 0.124. The molecule has 3 heteroatoms. The molecule has 1 fully saturated rings. The number of rotatable bonds is 5. The maximum atomic E-state index is 8.78. The molecule has 0 aromatic carbocycles. The molecule has 17 heavy (non-hydrogen) atoms. The molecule has 0 heterocycles. The summed E-state index contributed by atoms with van der Waals surface area (Å²) in [7, 11) is -1.58. The SMILES string of the molecule is CC(C)(C)[Si](C)(C)OC[C@@H]1CC[C@@H]1/C=C/CO. The smallest absolute Gasteiger partial charge is 0.191 e. The number of hydrogen-bond donors (Lipinski definition) is 1. The minimum absolute atomic E-state index is 0.159. The molecule has 0 aromatic rings. The molecule has 0 aromatic heterocycles. The fourth-order valence-electron chi connectivity index (χ4n) is 1.82. The van der Waals surface area contributed by atoms with Crippen molar-refractivity contribution in [2.24, 2.45) is 11.8 Å². The molecule has 0 aliphatic heterocycles. The molecule has 1 aliphatic carbocycles. The number of aliphatic hydroxyl groups is 1. The van der Waals surface area contributed by atoms with Crippen LogP contribution in [0.4, 0.5) is 0 Å². The molecule has 100 valence electrons. The summed E-state index contributed by atoms with van der Waals surface area (Å²) in [5.41, 5.74) is 0. The van der Waals surface area contributed by atoms with Gasteiger partial charge in [-0.05, 0) is 42.8 Å². The Hall–Kier alpha value is -0.123. The minimum atomic E-state index is -1.58. The molecule has 2 nitrogen and oxygen atoms in total. The van der Waals surface area contributed by atoms with Gasteiger partial charge in [0.25, 0.3) is 0 Å². The van der Waals surface area contributed by atoms with E-state index in [1.807, 2.05) is 6.08 Å². The second kappa shape index (κ2) is 5.68. The Bertz CT molecular complexity index is 266. The fourth-order valence-corrected chi connectivity index (χ4v) is 2.89. The van der Waals surface area contributed by atoms with Crippen molar-refractivity contribution in [2.75, 3.05) is 13.2 Å². The molecule has 1 aliphatic rings. The van der Waals surface area contributed by atoms with Crippen LogP contribution in [0.1, 0.15) is 33.6 Å². The molecule has 2 atom stereocenters. The van der Waals surface area contributed by atoms with Gasteiger partial charge in [-0.3, -0.25) is 0 Å². The highest BCUT2D eigenvalue weighted by molar-refractivity contribution is 6.74. The Morgan fingerprint density at radius 1 is 1.29 bits per heavy atom. The highest BCUT2D eigenvalue weighted by atomic mass is 28.4. The van der Waals surface area contributed by atoms with Crippen LogP contribution in [0.2, 0.25) is 18.1 Å². The van der Waals surface area contributed by atoms with Crippen LogP contribution >= 0.6 is 0 Å². The van der Waals surface area contributed by atoms with E-state index in [9.17, 15) is 0 Å². The Morgan fingerprint density at radius 2 is 1.94 bits per heavy atom. The lowest BCUT2D eigenvalue weighted by atomic mass is 9.74. The van der Waals surface area contributed by atoms with Gasteiger partial charge in [-0.25, -0.2) is 0 Å². The largest absolute Gasteiger partial charge is 0.417 e. The summed E-state index contributed by atoms with van der Waals surface area (Å²) in [6.07, 6.45) is 6.55. The van der Waals surface area contributed by atoms with Crippen LogP contribution in [0, 0.1) is 11.8 Å². The number of hydrogen-bond acceptors (Lipinski definition) is 2. The maximum Gasteiger partial charge on any atom is 0.191 e. The van der Waals surface area contributed by atoms with Gasteiger partial charge in [-0.1, -0.05) is 32.9 Å². The topological polar surface area (TPSA) is 29.5 Å². The van der Waals surface area contributed by atoms with E-state index >= 15 is 0 Å².